The summed E-state index contributed by atoms with van der Waals surface area (Å²) >= 11 is 1.42. The highest BCUT2D eigenvalue weighted by Crippen LogP contribution is 2.40. The van der Waals surface area contributed by atoms with E-state index in [1.807, 2.05) is 38.1 Å². The molecule has 0 spiro atoms. The quantitative estimate of drug-likeness (QED) is 0.834. The maximum Gasteiger partial charge on any atom is 0.167 e. The van der Waals surface area contributed by atoms with Gasteiger partial charge in [-0.25, -0.2) is 4.39 Å². The van der Waals surface area contributed by atoms with Gasteiger partial charge in [-0.15, -0.1) is 0 Å². The van der Waals surface area contributed by atoms with Gasteiger partial charge in [0, 0.05) is 16.6 Å². The van der Waals surface area contributed by atoms with Gasteiger partial charge in [0.15, 0.2) is 11.6 Å². The van der Waals surface area contributed by atoms with Crippen molar-refractivity contribution in [1.29, 1.82) is 0 Å². The monoisotopic (exact) mass is 307 g/mol. The molecule has 2 aromatic carbocycles. The predicted molar refractivity (Wildman–Crippen MR) is 83.7 cm³/mol. The Balaban J connectivity index is 2.35. The van der Waals surface area contributed by atoms with Crippen molar-refractivity contribution in [3.05, 3.63) is 42.2 Å². The molecular formula is C16H18FNO2S. The summed E-state index contributed by atoms with van der Waals surface area (Å²) in [4.78, 5) is 1.64. The van der Waals surface area contributed by atoms with Gasteiger partial charge in [-0.05, 0) is 32.0 Å². The normalized spacial score (nSPS) is 10.7. The second-order valence-corrected chi connectivity index (χ2v) is 5.82. The number of anilines is 1. The highest BCUT2D eigenvalue weighted by Gasteiger charge is 2.13. The van der Waals surface area contributed by atoms with Gasteiger partial charge >= 0.3 is 0 Å². The number of ether oxygens (including phenoxy) is 2. The van der Waals surface area contributed by atoms with Gasteiger partial charge < -0.3 is 15.2 Å². The van der Waals surface area contributed by atoms with Gasteiger partial charge in [0.2, 0.25) is 0 Å². The van der Waals surface area contributed by atoms with Crippen LogP contribution in [0.3, 0.4) is 0 Å². The second-order valence-electron chi connectivity index (χ2n) is 4.74. The van der Waals surface area contributed by atoms with Crippen LogP contribution in [-0.2, 0) is 0 Å². The molecule has 2 rings (SSSR count). The minimum atomic E-state index is -0.453. The van der Waals surface area contributed by atoms with Crippen molar-refractivity contribution < 1.29 is 13.9 Å². The van der Waals surface area contributed by atoms with Crippen LogP contribution in [-0.4, -0.2) is 13.2 Å². The lowest BCUT2D eigenvalue weighted by atomic mass is 10.3. The summed E-state index contributed by atoms with van der Waals surface area (Å²) < 4.78 is 24.6. The van der Waals surface area contributed by atoms with Crippen LogP contribution in [0.15, 0.2) is 46.2 Å². The smallest absolute Gasteiger partial charge is 0.167 e. The Hall–Kier alpha value is -1.88. The van der Waals surface area contributed by atoms with Crippen molar-refractivity contribution in [3.8, 4) is 11.5 Å². The zero-order chi connectivity index (χ0) is 15.4. The molecule has 0 atom stereocenters. The minimum absolute atomic E-state index is 0.104. The molecule has 0 saturated heterocycles. The summed E-state index contributed by atoms with van der Waals surface area (Å²) in [6.07, 6.45) is -0.104. The first-order valence-electron chi connectivity index (χ1n) is 6.57. The maximum atomic E-state index is 13.8. The molecule has 0 heterocycles. The number of benzene rings is 2. The number of hydrogen-bond donors (Lipinski definition) is 1. The summed E-state index contributed by atoms with van der Waals surface area (Å²) in [7, 11) is 1.61. The number of hydrogen-bond acceptors (Lipinski definition) is 4. The third kappa shape index (κ3) is 3.82. The summed E-state index contributed by atoms with van der Waals surface area (Å²) in [5, 5.41) is 0. The highest BCUT2D eigenvalue weighted by atomic mass is 32.2. The lowest BCUT2D eigenvalue weighted by molar-refractivity contribution is 0.230. The number of nitrogens with two attached hydrogens (primary N) is 1. The molecule has 0 aliphatic heterocycles. The van der Waals surface area contributed by atoms with Crippen molar-refractivity contribution in [1.82, 2.24) is 0 Å². The average Bonchev–Trinajstić information content (AvgIpc) is 2.44. The molecule has 2 aromatic rings. The molecule has 0 aromatic heterocycles. The lowest BCUT2D eigenvalue weighted by Gasteiger charge is -2.14. The van der Waals surface area contributed by atoms with Crippen LogP contribution in [0.2, 0.25) is 0 Å². The molecule has 0 aliphatic carbocycles. The number of para-hydroxylation sites is 1. The predicted octanol–water partition coefficient (Wildman–Crippen LogP) is 4.35. The SMILES string of the molecule is COc1ccccc1Sc1cc(OC(C)C)c(F)cc1N. The van der Waals surface area contributed by atoms with Crippen molar-refractivity contribution in [2.45, 2.75) is 29.7 Å². The van der Waals surface area contributed by atoms with E-state index in [0.29, 0.717) is 5.69 Å². The van der Waals surface area contributed by atoms with Crippen LogP contribution in [0, 0.1) is 5.82 Å². The van der Waals surface area contributed by atoms with Gasteiger partial charge in [0.05, 0.1) is 18.1 Å². The molecule has 0 amide bonds. The maximum absolute atomic E-state index is 13.8. The third-order valence-corrected chi connectivity index (χ3v) is 3.85. The molecule has 0 fully saturated rings. The molecular weight excluding hydrogens is 289 g/mol. The molecule has 0 radical (unpaired) electrons. The third-order valence-electron chi connectivity index (χ3n) is 2.72. The van der Waals surface area contributed by atoms with Crippen molar-refractivity contribution in [3.63, 3.8) is 0 Å². The van der Waals surface area contributed by atoms with E-state index in [0.717, 1.165) is 15.5 Å². The summed E-state index contributed by atoms with van der Waals surface area (Å²) in [5.41, 5.74) is 6.28. The highest BCUT2D eigenvalue weighted by molar-refractivity contribution is 7.99. The molecule has 0 saturated carbocycles. The van der Waals surface area contributed by atoms with Crippen LogP contribution in [0.25, 0.3) is 0 Å². The second kappa shape index (κ2) is 6.72. The van der Waals surface area contributed by atoms with Gasteiger partial charge in [-0.2, -0.15) is 0 Å². The van der Waals surface area contributed by atoms with Crippen molar-refractivity contribution >= 4 is 17.4 Å². The first-order chi connectivity index (χ1) is 10.0. The molecule has 5 heteroatoms. The van der Waals surface area contributed by atoms with Crippen LogP contribution < -0.4 is 15.2 Å². The van der Waals surface area contributed by atoms with Gasteiger partial charge in [-0.1, -0.05) is 23.9 Å². The van der Waals surface area contributed by atoms with Gasteiger partial charge in [0.25, 0.3) is 0 Å². The molecule has 0 bridgehead atoms. The molecule has 0 aliphatic rings. The van der Waals surface area contributed by atoms with E-state index in [-0.39, 0.29) is 11.9 Å². The number of methoxy groups -OCH3 is 1. The Kier molecular flexibility index (Phi) is 4.96. The zero-order valence-corrected chi connectivity index (χ0v) is 13.0. The van der Waals surface area contributed by atoms with Crippen LogP contribution in [0.4, 0.5) is 10.1 Å². The van der Waals surface area contributed by atoms with Crippen molar-refractivity contribution in [2.24, 2.45) is 0 Å². The number of halogens is 1. The Labute approximate surface area is 128 Å². The number of rotatable bonds is 5. The first-order valence-corrected chi connectivity index (χ1v) is 7.39. The fourth-order valence-electron chi connectivity index (χ4n) is 1.80. The van der Waals surface area contributed by atoms with Gasteiger partial charge in [0.1, 0.15) is 5.75 Å². The van der Waals surface area contributed by atoms with E-state index in [1.165, 1.54) is 17.8 Å². The zero-order valence-electron chi connectivity index (χ0n) is 12.2. The Morgan fingerprint density at radius 2 is 1.81 bits per heavy atom. The summed E-state index contributed by atoms with van der Waals surface area (Å²) in [5.74, 6) is 0.500. The molecule has 112 valence electrons. The standard InChI is InChI=1S/C16H18FNO2S/c1-10(2)20-14-9-16(12(18)8-11(14)17)21-15-7-5-4-6-13(15)19-3/h4-10H,18H2,1-3H3. The summed E-state index contributed by atoms with van der Waals surface area (Å²) in [6.45, 7) is 3.70. The van der Waals surface area contributed by atoms with E-state index < -0.39 is 5.82 Å². The van der Waals surface area contributed by atoms with Crippen LogP contribution in [0.5, 0.6) is 11.5 Å². The topological polar surface area (TPSA) is 44.5 Å². The minimum Gasteiger partial charge on any atom is -0.496 e. The van der Waals surface area contributed by atoms with E-state index in [1.54, 1.807) is 13.2 Å². The van der Waals surface area contributed by atoms with Crippen molar-refractivity contribution in [2.75, 3.05) is 12.8 Å². The fourth-order valence-corrected chi connectivity index (χ4v) is 2.78. The Morgan fingerprint density at radius 1 is 1.10 bits per heavy atom. The molecule has 3 nitrogen and oxygen atoms in total. The summed E-state index contributed by atoms with van der Waals surface area (Å²) in [6, 6.07) is 10.5. The molecule has 0 unspecified atom stereocenters. The van der Waals surface area contributed by atoms with Gasteiger partial charge in [-0.3, -0.25) is 0 Å². The van der Waals surface area contributed by atoms with E-state index >= 15 is 0 Å². The largest absolute Gasteiger partial charge is 0.496 e. The van der Waals surface area contributed by atoms with Crippen LogP contribution in [0.1, 0.15) is 13.8 Å². The lowest BCUT2D eigenvalue weighted by Crippen LogP contribution is -2.07. The first kappa shape index (κ1) is 15.5. The molecule has 2 N–H and O–H groups in total. The average molecular weight is 307 g/mol. The van der Waals surface area contributed by atoms with E-state index in [2.05, 4.69) is 0 Å². The van der Waals surface area contributed by atoms with E-state index in [4.69, 9.17) is 15.2 Å². The van der Waals surface area contributed by atoms with Crippen LogP contribution >= 0.6 is 11.8 Å². The van der Waals surface area contributed by atoms with E-state index in [9.17, 15) is 4.39 Å². The number of nitrogen functional groups attached to an aromatic ring is 1. The molecule has 21 heavy (non-hydrogen) atoms. The Bertz CT molecular complexity index is 632. The fraction of sp³-hybridized carbons (Fsp3) is 0.250. The Morgan fingerprint density at radius 3 is 2.48 bits per heavy atom.